The molecule has 1 aliphatic heterocycles. The van der Waals surface area contributed by atoms with E-state index in [1.807, 2.05) is 54.6 Å². The molecule has 0 saturated heterocycles. The average molecular weight is 482 g/mol. The van der Waals surface area contributed by atoms with Gasteiger partial charge in [-0.25, -0.2) is 0 Å². The SMILES string of the molecule is COc1cccc(N2C(=O)C(c3cc(C)c(O)c(C)c3)(c3cc(C)c(O)c(O)c3)c3ccccc32)c1. The predicted molar refractivity (Wildman–Crippen MR) is 139 cm³/mol. The predicted octanol–water partition coefficient (Wildman–Crippen LogP) is 5.75. The van der Waals surface area contributed by atoms with E-state index in [9.17, 15) is 20.1 Å². The van der Waals surface area contributed by atoms with Gasteiger partial charge in [0.1, 0.15) is 16.9 Å². The molecule has 1 atom stereocenters. The van der Waals surface area contributed by atoms with Gasteiger partial charge in [0.15, 0.2) is 11.5 Å². The van der Waals surface area contributed by atoms with Crippen molar-refractivity contribution in [3.05, 3.63) is 106 Å². The maximum atomic E-state index is 14.8. The van der Waals surface area contributed by atoms with Gasteiger partial charge in [0.25, 0.3) is 5.91 Å². The Morgan fingerprint density at radius 3 is 2.00 bits per heavy atom. The van der Waals surface area contributed by atoms with E-state index in [0.29, 0.717) is 44.9 Å². The molecule has 0 fully saturated rings. The summed E-state index contributed by atoms with van der Waals surface area (Å²) in [6.07, 6.45) is 0. The third-order valence-electron chi connectivity index (χ3n) is 7.02. The van der Waals surface area contributed by atoms with E-state index >= 15 is 0 Å². The fraction of sp³-hybridized carbons (Fsp3) is 0.167. The van der Waals surface area contributed by atoms with Crippen LogP contribution in [-0.2, 0) is 10.2 Å². The van der Waals surface area contributed by atoms with Crippen LogP contribution in [0.4, 0.5) is 11.4 Å². The third kappa shape index (κ3) is 3.22. The summed E-state index contributed by atoms with van der Waals surface area (Å²) in [5.41, 5.74) is 3.60. The number of phenols is 3. The van der Waals surface area contributed by atoms with Gasteiger partial charge in [0.05, 0.1) is 18.5 Å². The number of ether oxygens (including phenoxy) is 1. The number of fused-ring (bicyclic) bond motifs is 1. The molecule has 0 aliphatic carbocycles. The van der Waals surface area contributed by atoms with Crippen LogP contribution in [0.1, 0.15) is 33.4 Å². The van der Waals surface area contributed by atoms with Gasteiger partial charge in [0, 0.05) is 11.6 Å². The summed E-state index contributed by atoms with van der Waals surface area (Å²) in [5, 5.41) is 31.4. The Morgan fingerprint density at radius 1 is 0.750 bits per heavy atom. The minimum atomic E-state index is -1.35. The number of hydrogen-bond donors (Lipinski definition) is 3. The lowest BCUT2D eigenvalue weighted by Gasteiger charge is -2.32. The molecule has 36 heavy (non-hydrogen) atoms. The lowest BCUT2D eigenvalue weighted by atomic mass is 9.69. The van der Waals surface area contributed by atoms with E-state index in [2.05, 4.69) is 0 Å². The number of nitrogens with zero attached hydrogens (tertiary/aromatic N) is 1. The first kappa shape index (κ1) is 23.3. The molecule has 0 spiro atoms. The van der Waals surface area contributed by atoms with Crippen molar-refractivity contribution >= 4 is 17.3 Å². The first-order valence-corrected chi connectivity index (χ1v) is 11.6. The van der Waals surface area contributed by atoms with Crippen molar-refractivity contribution in [3.63, 3.8) is 0 Å². The summed E-state index contributed by atoms with van der Waals surface area (Å²) in [6, 6.07) is 21.7. The van der Waals surface area contributed by atoms with Crippen LogP contribution >= 0.6 is 0 Å². The summed E-state index contributed by atoms with van der Waals surface area (Å²) in [7, 11) is 1.58. The molecule has 1 unspecified atom stereocenters. The van der Waals surface area contributed by atoms with Gasteiger partial charge in [-0.05, 0) is 72.9 Å². The van der Waals surface area contributed by atoms with E-state index in [4.69, 9.17) is 4.74 Å². The number of phenolic OH excluding ortho intramolecular Hbond substituents is 3. The Morgan fingerprint density at radius 2 is 1.36 bits per heavy atom. The van der Waals surface area contributed by atoms with Gasteiger partial charge < -0.3 is 20.1 Å². The molecule has 3 N–H and O–H groups in total. The first-order valence-electron chi connectivity index (χ1n) is 11.6. The molecule has 5 rings (SSSR count). The minimum absolute atomic E-state index is 0.169. The fourth-order valence-corrected chi connectivity index (χ4v) is 5.26. The maximum Gasteiger partial charge on any atom is 0.251 e. The lowest BCUT2D eigenvalue weighted by molar-refractivity contribution is -0.120. The first-order chi connectivity index (χ1) is 17.2. The Kier molecular flexibility index (Phi) is 5.40. The molecular weight excluding hydrogens is 454 g/mol. The van der Waals surface area contributed by atoms with Crippen LogP contribution in [0.5, 0.6) is 23.0 Å². The number of methoxy groups -OCH3 is 1. The molecule has 0 aromatic heterocycles. The quantitative estimate of drug-likeness (QED) is 0.323. The van der Waals surface area contributed by atoms with Crippen molar-refractivity contribution in [1.82, 2.24) is 0 Å². The summed E-state index contributed by atoms with van der Waals surface area (Å²) < 4.78 is 5.42. The second kappa shape index (κ2) is 8.34. The number of aromatic hydroxyl groups is 3. The number of amides is 1. The summed E-state index contributed by atoms with van der Waals surface area (Å²) in [5.74, 6) is 0.00901. The van der Waals surface area contributed by atoms with Crippen LogP contribution in [0, 0.1) is 20.8 Å². The van der Waals surface area contributed by atoms with Gasteiger partial charge in [-0.2, -0.15) is 0 Å². The molecular formula is C30H27NO5. The molecule has 1 aliphatic rings. The smallest absolute Gasteiger partial charge is 0.251 e. The van der Waals surface area contributed by atoms with Gasteiger partial charge in [0.2, 0.25) is 0 Å². The Bertz CT molecular complexity index is 1420. The second-order valence-electron chi connectivity index (χ2n) is 9.23. The van der Waals surface area contributed by atoms with Crippen molar-refractivity contribution in [2.24, 2.45) is 0 Å². The molecule has 4 aromatic carbocycles. The van der Waals surface area contributed by atoms with Crippen molar-refractivity contribution in [3.8, 4) is 23.0 Å². The zero-order valence-corrected chi connectivity index (χ0v) is 20.5. The van der Waals surface area contributed by atoms with E-state index in [1.165, 1.54) is 6.07 Å². The topological polar surface area (TPSA) is 90.2 Å². The molecule has 182 valence electrons. The van der Waals surface area contributed by atoms with Gasteiger partial charge in [-0.1, -0.05) is 42.5 Å². The zero-order chi connectivity index (χ0) is 25.8. The van der Waals surface area contributed by atoms with Crippen LogP contribution < -0.4 is 9.64 Å². The number of carbonyl (C=O) groups is 1. The molecule has 0 radical (unpaired) electrons. The number of hydrogen-bond acceptors (Lipinski definition) is 5. The van der Waals surface area contributed by atoms with Crippen LogP contribution in [0.25, 0.3) is 0 Å². The number of aryl methyl sites for hydroxylation is 3. The highest BCUT2D eigenvalue weighted by Crippen LogP contribution is 2.54. The molecule has 0 bridgehead atoms. The molecule has 0 saturated carbocycles. The summed E-state index contributed by atoms with van der Waals surface area (Å²) in [4.78, 5) is 16.4. The maximum absolute atomic E-state index is 14.8. The zero-order valence-electron chi connectivity index (χ0n) is 20.5. The largest absolute Gasteiger partial charge is 0.507 e. The van der Waals surface area contributed by atoms with Crippen LogP contribution in [-0.4, -0.2) is 28.3 Å². The standard InChI is InChI=1S/C30H27NO5/c1-17-12-20(13-18(2)27(17)33)30(21-14-19(3)28(34)26(32)15-21)24-10-5-6-11-25(24)31(29(30)35)22-8-7-9-23(16-22)36-4/h5-16,32-34H,1-4H3. The van der Waals surface area contributed by atoms with Gasteiger partial charge in [-0.3, -0.25) is 9.69 Å². The summed E-state index contributed by atoms with van der Waals surface area (Å²) in [6.45, 7) is 5.28. The molecule has 1 amide bonds. The highest BCUT2D eigenvalue weighted by atomic mass is 16.5. The molecule has 6 nitrogen and oxygen atoms in total. The highest BCUT2D eigenvalue weighted by Gasteiger charge is 2.54. The number of anilines is 2. The number of para-hydroxylation sites is 1. The van der Waals surface area contributed by atoms with E-state index in [-0.39, 0.29) is 23.2 Å². The number of carbonyl (C=O) groups excluding carboxylic acids is 1. The molecule has 4 aromatic rings. The Labute approximate surface area is 209 Å². The minimum Gasteiger partial charge on any atom is -0.507 e. The third-order valence-corrected chi connectivity index (χ3v) is 7.02. The van der Waals surface area contributed by atoms with Crippen molar-refractivity contribution in [1.29, 1.82) is 0 Å². The Hall–Kier alpha value is -4.45. The monoisotopic (exact) mass is 481 g/mol. The molecule has 1 heterocycles. The van der Waals surface area contributed by atoms with Crippen molar-refractivity contribution in [2.45, 2.75) is 26.2 Å². The van der Waals surface area contributed by atoms with Crippen molar-refractivity contribution in [2.75, 3.05) is 12.0 Å². The van der Waals surface area contributed by atoms with Crippen molar-refractivity contribution < 1.29 is 24.9 Å². The van der Waals surface area contributed by atoms with Crippen LogP contribution in [0.3, 0.4) is 0 Å². The number of rotatable bonds is 4. The van der Waals surface area contributed by atoms with Crippen LogP contribution in [0.2, 0.25) is 0 Å². The average Bonchev–Trinajstić information content (AvgIpc) is 3.14. The van der Waals surface area contributed by atoms with E-state index in [1.54, 1.807) is 44.9 Å². The lowest BCUT2D eigenvalue weighted by Crippen LogP contribution is -2.40. The fourth-order valence-electron chi connectivity index (χ4n) is 5.26. The van der Waals surface area contributed by atoms with E-state index in [0.717, 1.165) is 5.56 Å². The Balaban J connectivity index is 1.91. The van der Waals surface area contributed by atoms with Crippen LogP contribution in [0.15, 0.2) is 72.8 Å². The highest BCUT2D eigenvalue weighted by molar-refractivity contribution is 6.17. The number of benzene rings is 4. The van der Waals surface area contributed by atoms with Gasteiger partial charge in [-0.15, -0.1) is 0 Å². The second-order valence-corrected chi connectivity index (χ2v) is 9.23. The normalized spacial score (nSPS) is 16.8. The summed E-state index contributed by atoms with van der Waals surface area (Å²) >= 11 is 0. The van der Waals surface area contributed by atoms with E-state index < -0.39 is 5.41 Å². The van der Waals surface area contributed by atoms with Gasteiger partial charge >= 0.3 is 0 Å². The molecule has 6 heteroatoms.